The van der Waals surface area contributed by atoms with Gasteiger partial charge in [-0.3, -0.25) is 9.69 Å². The van der Waals surface area contributed by atoms with E-state index in [0.717, 1.165) is 43.7 Å². The van der Waals surface area contributed by atoms with E-state index in [1.165, 1.54) is 0 Å². The number of hydrogen-bond donors (Lipinski definition) is 1. The Balaban J connectivity index is 1.86. The van der Waals surface area contributed by atoms with Gasteiger partial charge in [0.1, 0.15) is 11.8 Å². The minimum absolute atomic E-state index is 0.327. The van der Waals surface area contributed by atoms with Gasteiger partial charge < -0.3 is 9.84 Å². The molecule has 1 N–H and O–H groups in total. The third-order valence-electron chi connectivity index (χ3n) is 3.92. The van der Waals surface area contributed by atoms with Gasteiger partial charge >= 0.3 is 5.97 Å². The predicted molar refractivity (Wildman–Crippen MR) is 82.5 cm³/mol. The first-order valence-electron chi connectivity index (χ1n) is 7.75. The van der Waals surface area contributed by atoms with Gasteiger partial charge in [-0.1, -0.05) is 26.0 Å². The van der Waals surface area contributed by atoms with Crippen molar-refractivity contribution in [3.8, 4) is 5.75 Å². The number of benzene rings is 1. The second kappa shape index (κ2) is 7.46. The van der Waals surface area contributed by atoms with Crippen molar-refractivity contribution in [2.24, 2.45) is 5.92 Å². The Kier molecular flexibility index (Phi) is 5.62. The maximum atomic E-state index is 11.2. The highest BCUT2D eigenvalue weighted by Crippen LogP contribution is 2.21. The summed E-state index contributed by atoms with van der Waals surface area (Å²) in [6.45, 7) is 6.67. The zero-order valence-electron chi connectivity index (χ0n) is 12.9. The van der Waals surface area contributed by atoms with Crippen molar-refractivity contribution in [3.05, 3.63) is 29.8 Å². The Morgan fingerprint density at radius 3 is 2.71 bits per heavy atom. The molecule has 0 radical (unpaired) electrons. The maximum Gasteiger partial charge on any atom is 0.320 e. The van der Waals surface area contributed by atoms with Gasteiger partial charge in [-0.25, -0.2) is 0 Å². The van der Waals surface area contributed by atoms with Crippen LogP contribution in [0, 0.1) is 5.92 Å². The van der Waals surface area contributed by atoms with Gasteiger partial charge in [0.25, 0.3) is 0 Å². The van der Waals surface area contributed by atoms with Crippen LogP contribution in [0.5, 0.6) is 5.75 Å². The zero-order valence-corrected chi connectivity index (χ0v) is 12.9. The summed E-state index contributed by atoms with van der Waals surface area (Å²) in [5, 5.41) is 9.19. The standard InChI is InChI=1S/C17H25NO3/c1-13(2)9-11-21-15-7-5-14(6-8-15)12-18-10-3-4-16(18)17(19)20/h5-8,13,16H,3-4,9-12H2,1-2H3,(H,19,20). The zero-order chi connectivity index (χ0) is 15.2. The molecule has 1 heterocycles. The van der Waals surface area contributed by atoms with Gasteiger partial charge in [0.2, 0.25) is 0 Å². The topological polar surface area (TPSA) is 49.8 Å². The quantitative estimate of drug-likeness (QED) is 0.838. The van der Waals surface area contributed by atoms with Crippen LogP contribution in [0.3, 0.4) is 0 Å². The third-order valence-corrected chi connectivity index (χ3v) is 3.92. The van der Waals surface area contributed by atoms with E-state index in [9.17, 15) is 9.90 Å². The summed E-state index contributed by atoms with van der Waals surface area (Å²) < 4.78 is 5.69. The number of likely N-dealkylation sites (tertiary alicyclic amines) is 1. The molecule has 0 aromatic heterocycles. The number of carboxylic acids is 1. The Labute approximate surface area is 126 Å². The Bertz CT molecular complexity index is 456. The molecule has 0 bridgehead atoms. The molecule has 0 spiro atoms. The second-order valence-corrected chi connectivity index (χ2v) is 6.14. The van der Waals surface area contributed by atoms with Gasteiger partial charge in [-0.15, -0.1) is 0 Å². The fourth-order valence-corrected chi connectivity index (χ4v) is 2.63. The van der Waals surface area contributed by atoms with E-state index in [1.54, 1.807) is 0 Å². The minimum Gasteiger partial charge on any atom is -0.494 e. The Morgan fingerprint density at radius 1 is 1.38 bits per heavy atom. The molecular weight excluding hydrogens is 266 g/mol. The molecule has 1 aromatic rings. The lowest BCUT2D eigenvalue weighted by atomic mass is 10.1. The largest absolute Gasteiger partial charge is 0.494 e. The molecule has 0 amide bonds. The van der Waals surface area contributed by atoms with Gasteiger partial charge in [-0.2, -0.15) is 0 Å². The summed E-state index contributed by atoms with van der Waals surface area (Å²) in [4.78, 5) is 13.2. The summed E-state index contributed by atoms with van der Waals surface area (Å²) in [5.41, 5.74) is 1.14. The van der Waals surface area contributed by atoms with E-state index >= 15 is 0 Å². The highest BCUT2D eigenvalue weighted by atomic mass is 16.5. The van der Waals surface area contributed by atoms with Gasteiger partial charge in [-0.05, 0) is 49.4 Å². The molecule has 2 rings (SSSR count). The molecule has 1 saturated heterocycles. The molecule has 1 unspecified atom stereocenters. The van der Waals surface area contributed by atoms with Crippen LogP contribution in [0.25, 0.3) is 0 Å². The van der Waals surface area contributed by atoms with E-state index in [0.29, 0.717) is 12.5 Å². The molecule has 1 aromatic carbocycles. The number of aliphatic carboxylic acids is 1. The summed E-state index contributed by atoms with van der Waals surface area (Å²) in [6, 6.07) is 7.68. The van der Waals surface area contributed by atoms with E-state index in [2.05, 4.69) is 13.8 Å². The minimum atomic E-state index is -0.707. The normalized spacial score (nSPS) is 19.1. The Hall–Kier alpha value is -1.55. The lowest BCUT2D eigenvalue weighted by Gasteiger charge is -2.21. The van der Waals surface area contributed by atoms with Crippen molar-refractivity contribution >= 4 is 5.97 Å². The molecule has 0 saturated carbocycles. The molecule has 116 valence electrons. The average molecular weight is 291 g/mol. The fourth-order valence-electron chi connectivity index (χ4n) is 2.63. The molecule has 4 heteroatoms. The van der Waals surface area contributed by atoms with Crippen molar-refractivity contribution in [1.29, 1.82) is 0 Å². The first kappa shape index (κ1) is 15.8. The molecule has 1 atom stereocenters. The summed E-state index contributed by atoms with van der Waals surface area (Å²) in [6.07, 6.45) is 2.77. The summed E-state index contributed by atoms with van der Waals surface area (Å²) in [5.74, 6) is 0.823. The molecular formula is C17H25NO3. The third kappa shape index (κ3) is 4.74. The van der Waals surface area contributed by atoms with Crippen molar-refractivity contribution in [3.63, 3.8) is 0 Å². The number of carboxylic acid groups (broad SMARTS) is 1. The van der Waals surface area contributed by atoms with E-state index in [4.69, 9.17) is 4.74 Å². The first-order chi connectivity index (χ1) is 10.1. The molecule has 1 aliphatic rings. The smallest absolute Gasteiger partial charge is 0.320 e. The first-order valence-corrected chi connectivity index (χ1v) is 7.75. The van der Waals surface area contributed by atoms with Crippen molar-refractivity contribution < 1.29 is 14.6 Å². The highest BCUT2D eigenvalue weighted by molar-refractivity contribution is 5.73. The monoisotopic (exact) mass is 291 g/mol. The lowest BCUT2D eigenvalue weighted by molar-refractivity contribution is -0.142. The Morgan fingerprint density at radius 2 is 2.10 bits per heavy atom. The number of rotatable bonds is 7. The van der Waals surface area contributed by atoms with Crippen LogP contribution in [-0.4, -0.2) is 35.2 Å². The van der Waals surface area contributed by atoms with Crippen LogP contribution in [0.1, 0.15) is 38.7 Å². The van der Waals surface area contributed by atoms with Gasteiger partial charge in [0, 0.05) is 6.54 Å². The van der Waals surface area contributed by atoms with E-state index in [1.807, 2.05) is 29.2 Å². The van der Waals surface area contributed by atoms with Gasteiger partial charge in [0.05, 0.1) is 6.61 Å². The fraction of sp³-hybridized carbons (Fsp3) is 0.588. The number of nitrogens with zero attached hydrogens (tertiary/aromatic N) is 1. The molecule has 1 fully saturated rings. The van der Waals surface area contributed by atoms with Crippen molar-refractivity contribution in [2.45, 2.75) is 45.7 Å². The van der Waals surface area contributed by atoms with Crippen LogP contribution in [-0.2, 0) is 11.3 Å². The maximum absolute atomic E-state index is 11.2. The van der Waals surface area contributed by atoms with Crippen molar-refractivity contribution in [2.75, 3.05) is 13.2 Å². The summed E-state index contributed by atoms with van der Waals surface area (Å²) in [7, 11) is 0. The lowest BCUT2D eigenvalue weighted by Crippen LogP contribution is -2.35. The second-order valence-electron chi connectivity index (χ2n) is 6.14. The number of ether oxygens (including phenoxy) is 1. The van der Waals surface area contributed by atoms with Crippen LogP contribution < -0.4 is 4.74 Å². The van der Waals surface area contributed by atoms with E-state index < -0.39 is 5.97 Å². The van der Waals surface area contributed by atoms with Crippen molar-refractivity contribution in [1.82, 2.24) is 4.90 Å². The number of carbonyl (C=O) groups is 1. The van der Waals surface area contributed by atoms with Crippen LogP contribution in [0.2, 0.25) is 0 Å². The molecule has 0 aliphatic carbocycles. The molecule has 4 nitrogen and oxygen atoms in total. The molecule has 21 heavy (non-hydrogen) atoms. The van der Waals surface area contributed by atoms with Gasteiger partial charge in [0.15, 0.2) is 0 Å². The van der Waals surface area contributed by atoms with Crippen LogP contribution in [0.4, 0.5) is 0 Å². The average Bonchev–Trinajstić information content (AvgIpc) is 2.89. The molecule has 1 aliphatic heterocycles. The van der Waals surface area contributed by atoms with Crippen LogP contribution in [0.15, 0.2) is 24.3 Å². The highest BCUT2D eigenvalue weighted by Gasteiger charge is 2.30. The predicted octanol–water partition coefficient (Wildman–Crippen LogP) is 3.16. The number of hydrogen-bond acceptors (Lipinski definition) is 3. The SMILES string of the molecule is CC(C)CCOc1ccc(CN2CCCC2C(=O)O)cc1. The van der Waals surface area contributed by atoms with E-state index in [-0.39, 0.29) is 6.04 Å². The summed E-state index contributed by atoms with van der Waals surface area (Å²) >= 11 is 0. The van der Waals surface area contributed by atoms with Crippen LogP contribution >= 0.6 is 0 Å².